The highest BCUT2D eigenvalue weighted by Gasteiger charge is 2.17. The van der Waals surface area contributed by atoms with E-state index in [1.807, 2.05) is 0 Å². The molecule has 0 aliphatic heterocycles. The van der Waals surface area contributed by atoms with E-state index in [0.717, 1.165) is 6.07 Å². The molecule has 0 atom stereocenters. The maximum Gasteiger partial charge on any atom is 0.282 e. The minimum absolute atomic E-state index is 0.0214. The zero-order valence-corrected chi connectivity index (χ0v) is 9.79. The number of nitro benzene ring substituents is 1. The number of hydrogen-bond donors (Lipinski definition) is 1. The number of benzene rings is 1. The average Bonchev–Trinajstić information content (AvgIpc) is 2.89. The van der Waals surface area contributed by atoms with Gasteiger partial charge in [0.15, 0.2) is 11.5 Å². The molecule has 0 bridgehead atoms. The molecule has 1 N–H and O–H groups in total. The lowest BCUT2D eigenvalue weighted by atomic mass is 10.1. The third-order valence-electron chi connectivity index (χ3n) is 2.26. The molecule has 19 heavy (non-hydrogen) atoms. The van der Waals surface area contributed by atoms with Crippen LogP contribution in [0.25, 0.3) is 0 Å². The highest BCUT2D eigenvalue weighted by atomic mass is 16.6. The van der Waals surface area contributed by atoms with E-state index in [0.29, 0.717) is 0 Å². The second-order valence-corrected chi connectivity index (χ2v) is 3.43. The summed E-state index contributed by atoms with van der Waals surface area (Å²) >= 11 is 0. The Morgan fingerprint density at radius 2 is 2.16 bits per heavy atom. The van der Waals surface area contributed by atoms with Crippen molar-refractivity contribution in [1.82, 2.24) is 14.9 Å². The van der Waals surface area contributed by atoms with Gasteiger partial charge >= 0.3 is 0 Å². The molecule has 0 spiro atoms. The fourth-order valence-corrected chi connectivity index (χ4v) is 1.38. The fourth-order valence-electron chi connectivity index (χ4n) is 1.38. The molecule has 0 amide bonds. The lowest BCUT2D eigenvalue weighted by Crippen LogP contribution is -1.97. The van der Waals surface area contributed by atoms with Crippen molar-refractivity contribution in [2.75, 3.05) is 7.11 Å². The summed E-state index contributed by atoms with van der Waals surface area (Å²) in [4.78, 5) is 10.3. The van der Waals surface area contributed by atoms with Crippen LogP contribution in [0.5, 0.6) is 11.5 Å². The highest BCUT2D eigenvalue weighted by Crippen LogP contribution is 2.32. The number of rotatable bonds is 4. The van der Waals surface area contributed by atoms with E-state index in [-0.39, 0.29) is 22.7 Å². The van der Waals surface area contributed by atoms with Crippen molar-refractivity contribution >= 4 is 11.9 Å². The zero-order valence-electron chi connectivity index (χ0n) is 9.79. The summed E-state index contributed by atoms with van der Waals surface area (Å²) in [7, 11) is 1.31. The van der Waals surface area contributed by atoms with Gasteiger partial charge in [-0.3, -0.25) is 10.1 Å². The Labute approximate surface area is 106 Å². The quantitative estimate of drug-likeness (QED) is 0.495. The lowest BCUT2D eigenvalue weighted by Gasteiger charge is -2.04. The van der Waals surface area contributed by atoms with Crippen molar-refractivity contribution < 1.29 is 14.8 Å². The molecule has 1 aromatic heterocycles. The van der Waals surface area contributed by atoms with E-state index in [4.69, 9.17) is 4.74 Å². The normalized spacial score (nSPS) is 10.8. The predicted molar refractivity (Wildman–Crippen MR) is 64.3 cm³/mol. The number of phenols is 1. The van der Waals surface area contributed by atoms with Gasteiger partial charge < -0.3 is 9.84 Å². The molecule has 9 nitrogen and oxygen atoms in total. The van der Waals surface area contributed by atoms with Crippen molar-refractivity contribution in [3.8, 4) is 11.5 Å². The molecular formula is C10H9N5O4. The largest absolute Gasteiger partial charge is 0.504 e. The van der Waals surface area contributed by atoms with Crippen molar-refractivity contribution in [1.29, 1.82) is 0 Å². The van der Waals surface area contributed by atoms with Crippen LogP contribution < -0.4 is 4.74 Å². The highest BCUT2D eigenvalue weighted by molar-refractivity contribution is 5.86. The predicted octanol–water partition coefficient (Wildman–Crippen LogP) is 0.783. The van der Waals surface area contributed by atoms with E-state index in [1.54, 1.807) is 0 Å². The van der Waals surface area contributed by atoms with Crippen LogP contribution in [0.2, 0.25) is 0 Å². The van der Waals surface area contributed by atoms with Gasteiger partial charge in [0.1, 0.15) is 12.7 Å². The Bertz CT molecular complexity index is 623. The summed E-state index contributed by atoms with van der Waals surface area (Å²) in [5, 5.41) is 31.5. The van der Waals surface area contributed by atoms with Gasteiger partial charge in [-0.2, -0.15) is 5.10 Å². The molecule has 0 aliphatic carbocycles. The molecule has 0 fully saturated rings. The first-order valence-corrected chi connectivity index (χ1v) is 5.06. The van der Waals surface area contributed by atoms with E-state index < -0.39 is 4.92 Å². The number of phenolic OH excluding ortho intramolecular Hbond substituents is 1. The topological polar surface area (TPSA) is 116 Å². The number of aromatic nitrogens is 3. The maximum absolute atomic E-state index is 10.9. The maximum atomic E-state index is 10.9. The van der Waals surface area contributed by atoms with Crippen molar-refractivity contribution in [3.05, 3.63) is 40.5 Å². The smallest absolute Gasteiger partial charge is 0.282 e. The summed E-state index contributed by atoms with van der Waals surface area (Å²) in [6, 6.07) is 2.33. The van der Waals surface area contributed by atoms with Gasteiger partial charge in [0.2, 0.25) is 0 Å². The Morgan fingerprint density at radius 3 is 2.74 bits per heavy atom. The van der Waals surface area contributed by atoms with Gasteiger partial charge in [-0.1, -0.05) is 0 Å². The molecule has 0 aliphatic rings. The minimum Gasteiger partial charge on any atom is -0.504 e. The summed E-state index contributed by atoms with van der Waals surface area (Å²) in [5.41, 5.74) is -0.0940. The zero-order chi connectivity index (χ0) is 13.8. The summed E-state index contributed by atoms with van der Waals surface area (Å²) < 4.78 is 6.09. The van der Waals surface area contributed by atoms with Crippen LogP contribution in [0.3, 0.4) is 0 Å². The Kier molecular flexibility index (Phi) is 3.37. The van der Waals surface area contributed by atoms with Crippen LogP contribution in [0.4, 0.5) is 5.69 Å². The first-order chi connectivity index (χ1) is 9.11. The first-order valence-electron chi connectivity index (χ1n) is 5.06. The molecule has 0 radical (unpaired) electrons. The van der Waals surface area contributed by atoms with Crippen molar-refractivity contribution in [2.45, 2.75) is 0 Å². The summed E-state index contributed by atoms with van der Waals surface area (Å²) in [6.07, 6.45) is 3.87. The number of nitrogens with zero attached hydrogens (tertiary/aromatic N) is 5. The summed E-state index contributed by atoms with van der Waals surface area (Å²) in [5.74, 6) is -0.188. The van der Waals surface area contributed by atoms with Crippen LogP contribution in [0.1, 0.15) is 5.56 Å². The lowest BCUT2D eigenvalue weighted by molar-refractivity contribution is -0.385. The Hall–Kier alpha value is -2.97. The molecular weight excluding hydrogens is 254 g/mol. The number of ether oxygens (including phenoxy) is 1. The second kappa shape index (κ2) is 5.12. The molecule has 0 unspecified atom stereocenters. The molecule has 0 saturated carbocycles. The number of hydrogen-bond acceptors (Lipinski definition) is 7. The first kappa shape index (κ1) is 12.5. The van der Waals surface area contributed by atoms with Crippen LogP contribution in [0, 0.1) is 10.1 Å². The standard InChI is InChI=1S/C10H9N5O4/c1-19-10-3-8(15(17)18)7(2-9(10)16)4-13-14-5-11-12-6-14/h2-6,16H,1H3/b13-4+. The summed E-state index contributed by atoms with van der Waals surface area (Å²) in [6.45, 7) is 0. The third-order valence-corrected chi connectivity index (χ3v) is 2.26. The van der Waals surface area contributed by atoms with Crippen molar-refractivity contribution in [3.63, 3.8) is 0 Å². The number of methoxy groups -OCH3 is 1. The Morgan fingerprint density at radius 1 is 1.47 bits per heavy atom. The van der Waals surface area contributed by atoms with E-state index in [1.165, 1.54) is 36.7 Å². The van der Waals surface area contributed by atoms with E-state index in [9.17, 15) is 15.2 Å². The molecule has 1 heterocycles. The van der Waals surface area contributed by atoms with E-state index >= 15 is 0 Å². The molecule has 0 saturated heterocycles. The molecule has 2 aromatic rings. The van der Waals surface area contributed by atoms with Crippen molar-refractivity contribution in [2.24, 2.45) is 5.10 Å². The minimum atomic E-state index is -0.588. The Balaban J connectivity index is 2.44. The third kappa shape index (κ3) is 2.65. The monoisotopic (exact) mass is 263 g/mol. The van der Waals surface area contributed by atoms with Crippen LogP contribution in [-0.4, -0.2) is 38.2 Å². The van der Waals surface area contributed by atoms with Crippen LogP contribution >= 0.6 is 0 Å². The molecule has 1 aromatic carbocycles. The molecule has 9 heteroatoms. The molecule has 2 rings (SSSR count). The second-order valence-electron chi connectivity index (χ2n) is 3.43. The van der Waals surface area contributed by atoms with Crippen LogP contribution in [0.15, 0.2) is 29.9 Å². The average molecular weight is 263 g/mol. The van der Waals surface area contributed by atoms with Gasteiger partial charge in [0.25, 0.3) is 5.69 Å². The van der Waals surface area contributed by atoms with Crippen LogP contribution in [-0.2, 0) is 0 Å². The van der Waals surface area contributed by atoms with E-state index in [2.05, 4.69) is 15.3 Å². The molecule has 98 valence electrons. The van der Waals surface area contributed by atoms with Gasteiger partial charge in [0.05, 0.1) is 29.9 Å². The number of nitro groups is 1. The van der Waals surface area contributed by atoms with Gasteiger partial charge in [-0.15, -0.1) is 10.2 Å². The van der Waals surface area contributed by atoms with Gasteiger partial charge in [-0.25, -0.2) is 4.68 Å². The SMILES string of the molecule is COc1cc([N+](=O)[O-])c(/C=N/n2cnnc2)cc1O. The number of aromatic hydroxyl groups is 1. The van der Waals surface area contributed by atoms with Gasteiger partial charge in [0, 0.05) is 0 Å². The fraction of sp³-hybridized carbons (Fsp3) is 0.100. The van der Waals surface area contributed by atoms with Gasteiger partial charge in [-0.05, 0) is 6.07 Å².